The van der Waals surface area contributed by atoms with E-state index in [1.807, 2.05) is 42.5 Å². The highest BCUT2D eigenvalue weighted by Crippen LogP contribution is 2.41. The number of carboxylic acids is 1. The van der Waals surface area contributed by atoms with Crippen LogP contribution in [0.4, 0.5) is 0 Å². The van der Waals surface area contributed by atoms with E-state index in [0.29, 0.717) is 17.0 Å². The number of rotatable bonds is 4. The molecule has 2 aliphatic rings. The van der Waals surface area contributed by atoms with Gasteiger partial charge in [0.15, 0.2) is 0 Å². The van der Waals surface area contributed by atoms with Crippen LogP contribution in [0.5, 0.6) is 0 Å². The zero-order valence-electron chi connectivity index (χ0n) is 18.3. The van der Waals surface area contributed by atoms with Gasteiger partial charge in [0.25, 0.3) is 5.91 Å². The Kier molecular flexibility index (Phi) is 5.94. The molecule has 0 aromatic heterocycles. The van der Waals surface area contributed by atoms with Gasteiger partial charge in [-0.15, -0.1) is 0 Å². The molecule has 1 aliphatic carbocycles. The smallest absolute Gasteiger partial charge is 0.326 e. The summed E-state index contributed by atoms with van der Waals surface area (Å²) in [5, 5.41) is 10.4. The first kappa shape index (κ1) is 21.7. The van der Waals surface area contributed by atoms with Crippen LogP contribution in [0.3, 0.4) is 0 Å². The topological polar surface area (TPSA) is 57.6 Å². The van der Waals surface area contributed by atoms with Gasteiger partial charge in [0.2, 0.25) is 0 Å². The third kappa shape index (κ3) is 4.16. The molecule has 5 heteroatoms. The summed E-state index contributed by atoms with van der Waals surface area (Å²) in [5.41, 5.74) is 4.41. The Balaban J connectivity index is 1.46. The number of nitrogens with zero attached hydrogens (tertiary/aromatic N) is 1. The molecule has 3 aromatic carbocycles. The maximum absolute atomic E-state index is 13.6. The number of benzene rings is 3. The van der Waals surface area contributed by atoms with Gasteiger partial charge in [-0.1, -0.05) is 79.0 Å². The van der Waals surface area contributed by atoms with E-state index in [2.05, 4.69) is 12.1 Å². The number of hydrogen-bond donors (Lipinski definition) is 1. The molecule has 4 nitrogen and oxygen atoms in total. The van der Waals surface area contributed by atoms with E-state index >= 15 is 0 Å². The molecule has 0 bridgehead atoms. The van der Waals surface area contributed by atoms with E-state index < -0.39 is 12.0 Å². The van der Waals surface area contributed by atoms with Crippen LogP contribution in [-0.4, -0.2) is 34.0 Å². The number of carbonyl (C=O) groups is 2. The van der Waals surface area contributed by atoms with Gasteiger partial charge in [-0.05, 0) is 60.1 Å². The maximum atomic E-state index is 13.6. The number of hydrogen-bond acceptors (Lipinski definition) is 2. The van der Waals surface area contributed by atoms with Crippen molar-refractivity contribution < 1.29 is 14.7 Å². The third-order valence-corrected chi connectivity index (χ3v) is 7.45. The Hall–Kier alpha value is -3.11. The van der Waals surface area contributed by atoms with E-state index in [9.17, 15) is 14.7 Å². The van der Waals surface area contributed by atoms with Crippen molar-refractivity contribution in [1.82, 2.24) is 4.90 Å². The van der Waals surface area contributed by atoms with E-state index in [1.54, 1.807) is 23.1 Å². The fraction of sp³-hybridized carbons (Fsp3) is 0.286. The van der Waals surface area contributed by atoms with Gasteiger partial charge in [0, 0.05) is 22.2 Å². The SMILES string of the molecule is O=C(O)C1CC2CCCCC2N1C(=O)c1ccc(Cl)c(-c2ccc(-c3ccccc3)cc2)c1. The van der Waals surface area contributed by atoms with Crippen molar-refractivity contribution in [2.24, 2.45) is 5.92 Å². The third-order valence-electron chi connectivity index (χ3n) is 7.12. The average Bonchev–Trinajstić information content (AvgIpc) is 3.25. The molecule has 3 unspecified atom stereocenters. The molecule has 1 saturated heterocycles. The number of fused-ring (bicyclic) bond motifs is 1. The zero-order chi connectivity index (χ0) is 22.9. The predicted octanol–water partition coefficient (Wildman–Crippen LogP) is 6.53. The molecule has 1 heterocycles. The van der Waals surface area contributed by atoms with Crippen LogP contribution < -0.4 is 0 Å². The Morgan fingerprint density at radius 1 is 0.848 bits per heavy atom. The van der Waals surface area contributed by atoms with Crippen molar-refractivity contribution in [1.29, 1.82) is 0 Å². The molecule has 3 aromatic rings. The lowest BCUT2D eigenvalue weighted by Crippen LogP contribution is -2.46. The van der Waals surface area contributed by atoms with Crippen LogP contribution in [0.1, 0.15) is 42.5 Å². The first-order valence-corrected chi connectivity index (χ1v) is 11.9. The van der Waals surface area contributed by atoms with Gasteiger partial charge in [-0.3, -0.25) is 4.79 Å². The maximum Gasteiger partial charge on any atom is 0.326 e. The zero-order valence-corrected chi connectivity index (χ0v) is 19.0. The largest absolute Gasteiger partial charge is 0.480 e. The van der Waals surface area contributed by atoms with Crippen molar-refractivity contribution in [2.45, 2.75) is 44.2 Å². The Morgan fingerprint density at radius 3 is 2.24 bits per heavy atom. The number of carboxylic acid groups (broad SMARTS) is 1. The van der Waals surface area contributed by atoms with Gasteiger partial charge in [0.05, 0.1) is 0 Å². The number of amides is 1. The van der Waals surface area contributed by atoms with Gasteiger partial charge < -0.3 is 10.0 Å². The Labute approximate surface area is 198 Å². The molecule has 168 valence electrons. The van der Waals surface area contributed by atoms with Crippen molar-refractivity contribution in [3.8, 4) is 22.3 Å². The highest BCUT2D eigenvalue weighted by Gasteiger charge is 2.47. The first-order valence-electron chi connectivity index (χ1n) is 11.5. The van der Waals surface area contributed by atoms with E-state index in [-0.39, 0.29) is 17.9 Å². The van der Waals surface area contributed by atoms with Crippen LogP contribution in [0.25, 0.3) is 22.3 Å². The van der Waals surface area contributed by atoms with Gasteiger partial charge in [-0.2, -0.15) is 0 Å². The van der Waals surface area contributed by atoms with Crippen molar-refractivity contribution in [3.05, 3.63) is 83.4 Å². The summed E-state index contributed by atoms with van der Waals surface area (Å²) < 4.78 is 0. The van der Waals surface area contributed by atoms with Crippen molar-refractivity contribution in [2.75, 3.05) is 0 Å². The lowest BCUT2D eigenvalue weighted by Gasteiger charge is -2.33. The summed E-state index contributed by atoms with van der Waals surface area (Å²) >= 11 is 6.52. The number of aliphatic carboxylic acids is 1. The fourth-order valence-corrected chi connectivity index (χ4v) is 5.70. The number of halogens is 1. The monoisotopic (exact) mass is 459 g/mol. The normalized spacial score (nSPS) is 22.1. The molecule has 33 heavy (non-hydrogen) atoms. The van der Waals surface area contributed by atoms with E-state index in [1.165, 1.54) is 0 Å². The van der Waals surface area contributed by atoms with E-state index in [4.69, 9.17) is 11.6 Å². The van der Waals surface area contributed by atoms with Crippen LogP contribution in [0, 0.1) is 5.92 Å². The molecule has 5 rings (SSSR count). The molecular weight excluding hydrogens is 434 g/mol. The van der Waals surface area contributed by atoms with Crippen molar-refractivity contribution in [3.63, 3.8) is 0 Å². The predicted molar refractivity (Wildman–Crippen MR) is 130 cm³/mol. The van der Waals surface area contributed by atoms with Crippen LogP contribution >= 0.6 is 11.6 Å². The van der Waals surface area contributed by atoms with Gasteiger partial charge in [-0.25, -0.2) is 4.79 Å². The Morgan fingerprint density at radius 2 is 1.52 bits per heavy atom. The quantitative estimate of drug-likeness (QED) is 0.482. The van der Waals surface area contributed by atoms with Crippen LogP contribution in [0.2, 0.25) is 5.02 Å². The van der Waals surface area contributed by atoms with Crippen LogP contribution in [-0.2, 0) is 4.79 Å². The molecule has 1 N–H and O–H groups in total. The summed E-state index contributed by atoms with van der Waals surface area (Å²) in [5.74, 6) is -0.847. The summed E-state index contributed by atoms with van der Waals surface area (Å²) in [6.45, 7) is 0. The molecule has 1 amide bonds. The number of carbonyl (C=O) groups excluding carboxylic acids is 1. The molecule has 3 atom stereocenters. The summed E-state index contributed by atoms with van der Waals surface area (Å²) in [4.78, 5) is 27.2. The number of likely N-dealkylation sites (tertiary alicyclic amines) is 1. The minimum absolute atomic E-state index is 0.0108. The highest BCUT2D eigenvalue weighted by atomic mass is 35.5. The minimum atomic E-state index is -0.913. The highest BCUT2D eigenvalue weighted by molar-refractivity contribution is 6.33. The lowest BCUT2D eigenvalue weighted by atomic mass is 9.84. The molecule has 0 radical (unpaired) electrons. The van der Waals surface area contributed by atoms with E-state index in [0.717, 1.165) is 47.9 Å². The molecule has 1 aliphatic heterocycles. The summed E-state index contributed by atoms with van der Waals surface area (Å²) in [7, 11) is 0. The van der Waals surface area contributed by atoms with Crippen LogP contribution in [0.15, 0.2) is 72.8 Å². The molecular formula is C28H26ClNO3. The van der Waals surface area contributed by atoms with Crippen molar-refractivity contribution >= 4 is 23.5 Å². The Bertz CT molecular complexity index is 1180. The fourth-order valence-electron chi connectivity index (χ4n) is 5.47. The molecule has 0 spiro atoms. The summed E-state index contributed by atoms with van der Waals surface area (Å²) in [6, 6.07) is 22.7. The lowest BCUT2D eigenvalue weighted by molar-refractivity contribution is -0.141. The molecule has 1 saturated carbocycles. The second-order valence-corrected chi connectivity index (χ2v) is 9.46. The second-order valence-electron chi connectivity index (χ2n) is 9.05. The standard InChI is InChI=1S/C28H26ClNO3/c29-24-15-14-22(27(31)30-25-9-5-4-8-21(25)17-26(30)28(32)33)16-23(24)20-12-10-19(11-13-20)18-6-2-1-3-7-18/h1-3,6-7,10-16,21,25-26H,4-5,8-9,17H2,(H,32,33). The van der Waals surface area contributed by atoms with Gasteiger partial charge in [0.1, 0.15) is 6.04 Å². The minimum Gasteiger partial charge on any atom is -0.480 e. The van der Waals surface area contributed by atoms with Gasteiger partial charge >= 0.3 is 5.97 Å². The molecule has 2 fully saturated rings. The summed E-state index contributed by atoms with van der Waals surface area (Å²) in [6.07, 6.45) is 4.57. The average molecular weight is 460 g/mol. The first-order chi connectivity index (χ1) is 16.0. The second kappa shape index (κ2) is 9.03.